The number of nitrogen functional groups attached to an aromatic ring is 1. The van der Waals surface area contributed by atoms with Crippen LogP contribution in [0.15, 0.2) is 30.6 Å². The Morgan fingerprint density at radius 2 is 1.77 bits per heavy atom. The van der Waals surface area contributed by atoms with Gasteiger partial charge in [0.2, 0.25) is 5.28 Å². The van der Waals surface area contributed by atoms with Crippen LogP contribution in [0.2, 0.25) is 5.28 Å². The maximum Gasteiger partial charge on any atom is 0.350 e. The molecule has 3 atom stereocenters. The van der Waals surface area contributed by atoms with E-state index in [9.17, 15) is 9.59 Å². The summed E-state index contributed by atoms with van der Waals surface area (Å²) in [5.41, 5.74) is 5.88. The number of halogens is 2. The molecule has 0 spiro atoms. The molecule has 0 aliphatic carbocycles. The molecule has 4 rings (SSSR count). The molecule has 3 aromatic rings. The lowest BCUT2D eigenvalue weighted by molar-refractivity contribution is -0.195. The molecule has 0 bridgehead atoms. The predicted octanol–water partition coefficient (Wildman–Crippen LogP) is 4.15. The Kier molecular flexibility index (Phi) is 10.8. The van der Waals surface area contributed by atoms with E-state index in [2.05, 4.69) is 15.0 Å². The summed E-state index contributed by atoms with van der Waals surface area (Å²) in [6.45, 7) is 8.92. The van der Waals surface area contributed by atoms with Crippen molar-refractivity contribution in [3.8, 4) is 0 Å². The molecule has 1 aliphatic rings. The average molecular weight is 580 g/mol. The number of alkyl halides is 1. The van der Waals surface area contributed by atoms with Crippen molar-refractivity contribution in [2.75, 3.05) is 25.6 Å². The third-order valence-corrected chi connectivity index (χ3v) is 6.29. The molecule has 2 N–H and O–H groups in total. The Hall–Kier alpha value is -3.35. The molecule has 40 heavy (non-hydrogen) atoms. The largest absolute Gasteiger partial charge is 0.463 e. The molecule has 13 heteroatoms. The highest BCUT2D eigenvalue weighted by atomic mass is 35.5. The third-order valence-electron chi connectivity index (χ3n) is 6.12. The number of hydrogen-bond acceptors (Lipinski definition) is 10. The second-order valence-electron chi connectivity index (χ2n) is 8.84. The summed E-state index contributed by atoms with van der Waals surface area (Å²) in [7, 11) is 0. The number of rotatable bonds is 10. The quantitative estimate of drug-likeness (QED) is 0.211. The van der Waals surface area contributed by atoms with Gasteiger partial charge >= 0.3 is 11.9 Å². The van der Waals surface area contributed by atoms with Crippen molar-refractivity contribution in [1.29, 1.82) is 0 Å². The Labute approximate surface area is 237 Å². The third kappa shape index (κ3) is 6.68. The Bertz CT molecular complexity index is 1290. The van der Waals surface area contributed by atoms with Gasteiger partial charge in [-0.2, -0.15) is 9.97 Å². The van der Waals surface area contributed by atoms with Crippen LogP contribution < -0.4 is 5.73 Å². The molecular formula is C27H35ClFN5O6. The first-order chi connectivity index (χ1) is 19.2. The van der Waals surface area contributed by atoms with Gasteiger partial charge in [-0.25, -0.2) is 19.0 Å². The van der Waals surface area contributed by atoms with Crippen molar-refractivity contribution in [3.63, 3.8) is 0 Å². The van der Waals surface area contributed by atoms with Crippen LogP contribution in [0.1, 0.15) is 51.5 Å². The number of imidazole rings is 1. The number of carbonyl (C=O) groups is 2. The molecule has 1 aliphatic heterocycles. The van der Waals surface area contributed by atoms with Gasteiger partial charge in [-0.1, -0.05) is 43.7 Å². The summed E-state index contributed by atoms with van der Waals surface area (Å²) < 4.78 is 38.9. The Morgan fingerprint density at radius 1 is 1.15 bits per heavy atom. The van der Waals surface area contributed by atoms with E-state index in [0.29, 0.717) is 5.56 Å². The second kappa shape index (κ2) is 13.8. The minimum absolute atomic E-state index is 0.0209. The number of fused-ring (bicyclic) bond motifs is 1. The van der Waals surface area contributed by atoms with Gasteiger partial charge in [0.1, 0.15) is 11.7 Å². The number of benzene rings is 1. The van der Waals surface area contributed by atoms with Gasteiger partial charge in [-0.15, -0.1) is 0 Å². The molecule has 2 aromatic heterocycles. The first-order valence-electron chi connectivity index (χ1n) is 13.2. The van der Waals surface area contributed by atoms with Crippen LogP contribution in [0.3, 0.4) is 0 Å². The topological polar surface area (TPSA) is 141 Å². The van der Waals surface area contributed by atoms with Gasteiger partial charge in [0, 0.05) is 12.8 Å². The molecule has 0 amide bonds. The minimum atomic E-state index is -2.11. The van der Waals surface area contributed by atoms with Crippen LogP contribution in [0.25, 0.3) is 11.2 Å². The van der Waals surface area contributed by atoms with Gasteiger partial charge in [0.05, 0.1) is 32.3 Å². The SMILES string of the molecule is CC.CCOC(=O)C(Cc1ccc(C)cc1)(OCC1CC(F)C(n2cnc3c(N)nc(Cl)nc32)O1)C(=O)OCC. The molecule has 1 aromatic carbocycles. The van der Waals surface area contributed by atoms with Gasteiger partial charge in [-0.05, 0) is 37.9 Å². The highest BCUT2D eigenvalue weighted by Crippen LogP contribution is 2.35. The molecule has 0 saturated carbocycles. The molecule has 0 radical (unpaired) electrons. The number of ether oxygens (including phenoxy) is 4. The number of aromatic nitrogens is 4. The predicted molar refractivity (Wildman–Crippen MR) is 146 cm³/mol. The smallest absolute Gasteiger partial charge is 0.350 e. The average Bonchev–Trinajstić information content (AvgIpc) is 3.52. The minimum Gasteiger partial charge on any atom is -0.463 e. The summed E-state index contributed by atoms with van der Waals surface area (Å²) in [6.07, 6.45) is -2.29. The van der Waals surface area contributed by atoms with Crippen molar-refractivity contribution in [2.24, 2.45) is 0 Å². The van der Waals surface area contributed by atoms with Crippen molar-refractivity contribution in [1.82, 2.24) is 19.5 Å². The van der Waals surface area contributed by atoms with Gasteiger partial charge in [-0.3, -0.25) is 4.57 Å². The maximum absolute atomic E-state index is 15.2. The molecular weight excluding hydrogens is 545 g/mol. The van der Waals surface area contributed by atoms with E-state index in [-0.39, 0.29) is 54.9 Å². The molecule has 3 unspecified atom stereocenters. The first kappa shape index (κ1) is 31.2. The van der Waals surface area contributed by atoms with Crippen molar-refractivity contribution >= 4 is 40.5 Å². The van der Waals surface area contributed by atoms with Crippen molar-refractivity contribution < 1.29 is 32.9 Å². The van der Waals surface area contributed by atoms with Crippen LogP contribution in [-0.4, -0.2) is 69.2 Å². The van der Waals surface area contributed by atoms with Crippen molar-refractivity contribution in [3.05, 3.63) is 47.0 Å². The zero-order valence-corrected chi connectivity index (χ0v) is 24.0. The fraction of sp³-hybridized carbons (Fsp3) is 0.519. The fourth-order valence-electron chi connectivity index (χ4n) is 4.27. The molecule has 1 fully saturated rings. The van der Waals surface area contributed by atoms with Crippen LogP contribution in [0.4, 0.5) is 10.2 Å². The monoisotopic (exact) mass is 579 g/mol. The van der Waals surface area contributed by atoms with E-state index in [0.717, 1.165) is 5.56 Å². The first-order valence-corrected chi connectivity index (χ1v) is 13.5. The zero-order valence-electron chi connectivity index (χ0n) is 23.2. The van der Waals surface area contributed by atoms with Crippen LogP contribution >= 0.6 is 11.6 Å². The van der Waals surface area contributed by atoms with Crippen molar-refractivity contribution in [2.45, 2.75) is 71.6 Å². The van der Waals surface area contributed by atoms with E-state index in [1.54, 1.807) is 26.0 Å². The summed E-state index contributed by atoms with van der Waals surface area (Å²) >= 11 is 5.92. The number of nitrogens with zero attached hydrogens (tertiary/aromatic N) is 4. The molecule has 1 saturated heterocycles. The van der Waals surface area contributed by atoms with Crippen LogP contribution in [-0.2, 0) is 35.0 Å². The number of carbonyl (C=O) groups excluding carboxylic acids is 2. The molecule has 11 nitrogen and oxygen atoms in total. The maximum atomic E-state index is 15.2. The standard InChI is InChI=1S/C25H29ClFN5O6.C2H6/c1-4-35-22(33)25(23(34)36-5-2,11-15-8-6-14(3)7-9-15)37-12-16-10-17(27)21(38-16)32-13-29-18-19(28)30-24(26)31-20(18)32;1-2/h6-9,13,16-17,21H,4-5,10-12H2,1-3H3,(H2,28,30,31);1-2H3. The number of aryl methyl sites for hydroxylation is 1. The lowest BCUT2D eigenvalue weighted by Gasteiger charge is -2.30. The summed E-state index contributed by atoms with van der Waals surface area (Å²) in [4.78, 5) is 38.4. The summed E-state index contributed by atoms with van der Waals surface area (Å²) in [6, 6.07) is 7.28. The number of esters is 2. The lowest BCUT2D eigenvalue weighted by atomic mass is 9.93. The highest BCUT2D eigenvalue weighted by Gasteiger charge is 2.52. The van der Waals surface area contributed by atoms with Gasteiger partial charge in [0.25, 0.3) is 5.60 Å². The Balaban J connectivity index is 0.00000216. The van der Waals surface area contributed by atoms with E-state index in [1.807, 2.05) is 32.9 Å². The Morgan fingerprint density at radius 3 is 2.38 bits per heavy atom. The number of hydrogen-bond donors (Lipinski definition) is 1. The highest BCUT2D eigenvalue weighted by molar-refractivity contribution is 6.28. The number of nitrogens with two attached hydrogens (primary N) is 1. The summed E-state index contributed by atoms with van der Waals surface area (Å²) in [5, 5.41) is -0.116. The molecule has 218 valence electrons. The second-order valence-corrected chi connectivity index (χ2v) is 9.18. The van der Waals surface area contributed by atoms with E-state index < -0.39 is 36.0 Å². The zero-order chi connectivity index (χ0) is 29.4. The molecule has 3 heterocycles. The lowest BCUT2D eigenvalue weighted by Crippen LogP contribution is -2.54. The number of anilines is 1. The van der Waals surface area contributed by atoms with E-state index >= 15 is 4.39 Å². The summed E-state index contributed by atoms with van der Waals surface area (Å²) in [5.74, 6) is -1.74. The van der Waals surface area contributed by atoms with E-state index in [4.69, 9.17) is 36.3 Å². The van der Waals surface area contributed by atoms with Gasteiger partial charge < -0.3 is 24.7 Å². The van der Waals surface area contributed by atoms with Gasteiger partial charge in [0.15, 0.2) is 17.7 Å². The fourth-order valence-corrected chi connectivity index (χ4v) is 4.44. The normalized spacial score (nSPS) is 18.7. The van der Waals surface area contributed by atoms with Crippen LogP contribution in [0, 0.1) is 6.92 Å². The van der Waals surface area contributed by atoms with E-state index in [1.165, 1.54) is 10.9 Å². The van der Waals surface area contributed by atoms with Crippen LogP contribution in [0.5, 0.6) is 0 Å².